The Hall–Kier alpha value is -1.02. The minimum Gasteiger partial charge on any atom is -0.466 e. The smallest absolute Gasteiger partial charge is 0.108 e. The van der Waals surface area contributed by atoms with Crippen LogP contribution >= 0.6 is 15.9 Å². The van der Waals surface area contributed by atoms with Crippen molar-refractivity contribution in [1.82, 2.24) is 0 Å². The third-order valence-electron chi connectivity index (χ3n) is 2.33. The molecule has 0 spiro atoms. The summed E-state index contributed by atoms with van der Waals surface area (Å²) < 4.78 is 6.77. The SMILES string of the molecule is CCc1ccc(Cc2cccc(Br)c2)o1. The van der Waals surface area contributed by atoms with Gasteiger partial charge in [-0.1, -0.05) is 35.0 Å². The first-order valence-corrected chi connectivity index (χ1v) is 5.89. The zero-order chi connectivity index (χ0) is 10.7. The highest BCUT2D eigenvalue weighted by Gasteiger charge is 2.02. The van der Waals surface area contributed by atoms with Crippen molar-refractivity contribution >= 4 is 15.9 Å². The van der Waals surface area contributed by atoms with Crippen LogP contribution in [0.1, 0.15) is 24.0 Å². The molecule has 0 radical (unpaired) electrons. The van der Waals surface area contributed by atoms with E-state index in [1.165, 1.54) is 5.56 Å². The zero-order valence-corrected chi connectivity index (χ0v) is 10.3. The first-order valence-electron chi connectivity index (χ1n) is 5.10. The molecule has 1 heterocycles. The van der Waals surface area contributed by atoms with Crippen molar-refractivity contribution in [2.24, 2.45) is 0 Å². The van der Waals surface area contributed by atoms with Gasteiger partial charge in [-0.25, -0.2) is 0 Å². The van der Waals surface area contributed by atoms with Crippen molar-refractivity contribution in [2.45, 2.75) is 19.8 Å². The third-order valence-corrected chi connectivity index (χ3v) is 2.83. The molecule has 0 N–H and O–H groups in total. The lowest BCUT2D eigenvalue weighted by molar-refractivity contribution is 0.478. The van der Waals surface area contributed by atoms with E-state index in [-0.39, 0.29) is 0 Å². The molecular weight excluding hydrogens is 252 g/mol. The fraction of sp³-hybridized carbons (Fsp3) is 0.231. The van der Waals surface area contributed by atoms with Crippen LogP contribution in [-0.4, -0.2) is 0 Å². The van der Waals surface area contributed by atoms with Crippen LogP contribution in [0, 0.1) is 0 Å². The van der Waals surface area contributed by atoms with Gasteiger partial charge in [0.2, 0.25) is 0 Å². The lowest BCUT2D eigenvalue weighted by atomic mass is 10.1. The minimum absolute atomic E-state index is 0.861. The summed E-state index contributed by atoms with van der Waals surface area (Å²) in [4.78, 5) is 0. The maximum Gasteiger partial charge on any atom is 0.108 e. The Labute approximate surface area is 98.2 Å². The molecular formula is C13H13BrO. The Morgan fingerprint density at radius 2 is 1.93 bits per heavy atom. The summed E-state index contributed by atoms with van der Waals surface area (Å²) in [5.41, 5.74) is 1.27. The molecule has 15 heavy (non-hydrogen) atoms. The summed E-state index contributed by atoms with van der Waals surface area (Å²) in [6, 6.07) is 12.4. The average Bonchev–Trinajstić information content (AvgIpc) is 2.65. The molecule has 0 bridgehead atoms. The van der Waals surface area contributed by atoms with Gasteiger partial charge < -0.3 is 4.42 Å². The number of furan rings is 1. The maximum absolute atomic E-state index is 5.66. The Morgan fingerprint density at radius 3 is 2.60 bits per heavy atom. The van der Waals surface area contributed by atoms with Gasteiger partial charge in [-0.05, 0) is 29.8 Å². The van der Waals surface area contributed by atoms with E-state index >= 15 is 0 Å². The van der Waals surface area contributed by atoms with Crippen LogP contribution < -0.4 is 0 Å². The second-order valence-corrected chi connectivity index (χ2v) is 4.44. The summed E-state index contributed by atoms with van der Waals surface area (Å²) in [6.45, 7) is 2.10. The van der Waals surface area contributed by atoms with E-state index in [9.17, 15) is 0 Å². The largest absolute Gasteiger partial charge is 0.466 e. The molecule has 0 atom stereocenters. The first-order chi connectivity index (χ1) is 7.28. The van der Waals surface area contributed by atoms with Crippen molar-refractivity contribution in [2.75, 3.05) is 0 Å². The van der Waals surface area contributed by atoms with Crippen LogP contribution in [0.5, 0.6) is 0 Å². The summed E-state index contributed by atoms with van der Waals surface area (Å²) in [5, 5.41) is 0. The van der Waals surface area contributed by atoms with E-state index in [1.54, 1.807) is 0 Å². The van der Waals surface area contributed by atoms with Gasteiger partial charge in [-0.15, -0.1) is 0 Å². The van der Waals surface area contributed by atoms with Crippen molar-refractivity contribution < 1.29 is 4.42 Å². The fourth-order valence-corrected chi connectivity index (χ4v) is 2.00. The van der Waals surface area contributed by atoms with E-state index < -0.39 is 0 Å². The van der Waals surface area contributed by atoms with E-state index in [4.69, 9.17) is 4.42 Å². The second kappa shape index (κ2) is 4.67. The topological polar surface area (TPSA) is 13.1 Å². The number of hydrogen-bond donors (Lipinski definition) is 0. The Morgan fingerprint density at radius 1 is 1.13 bits per heavy atom. The van der Waals surface area contributed by atoms with Crippen LogP contribution in [0.15, 0.2) is 45.3 Å². The summed E-state index contributed by atoms with van der Waals surface area (Å²) in [7, 11) is 0. The number of hydrogen-bond acceptors (Lipinski definition) is 1. The average molecular weight is 265 g/mol. The van der Waals surface area contributed by atoms with Gasteiger partial charge in [0.25, 0.3) is 0 Å². The van der Waals surface area contributed by atoms with Gasteiger partial charge in [0.15, 0.2) is 0 Å². The second-order valence-electron chi connectivity index (χ2n) is 3.53. The third kappa shape index (κ3) is 2.72. The quantitative estimate of drug-likeness (QED) is 0.810. The highest BCUT2D eigenvalue weighted by molar-refractivity contribution is 9.10. The summed E-state index contributed by atoms with van der Waals surface area (Å²) >= 11 is 3.46. The van der Waals surface area contributed by atoms with E-state index in [2.05, 4.69) is 41.1 Å². The predicted octanol–water partition coefficient (Wildman–Crippen LogP) is 4.20. The molecule has 0 fully saturated rings. The molecule has 2 aromatic rings. The van der Waals surface area contributed by atoms with Gasteiger partial charge in [0.05, 0.1) is 0 Å². The van der Waals surface area contributed by atoms with E-state index in [0.717, 1.165) is 28.8 Å². The molecule has 1 nitrogen and oxygen atoms in total. The van der Waals surface area contributed by atoms with Crippen LogP contribution in [0.2, 0.25) is 0 Å². The van der Waals surface area contributed by atoms with Crippen molar-refractivity contribution in [3.05, 3.63) is 58.0 Å². The predicted molar refractivity (Wildman–Crippen MR) is 65.0 cm³/mol. The summed E-state index contributed by atoms with van der Waals surface area (Å²) in [6.07, 6.45) is 1.82. The first kappa shape index (κ1) is 10.5. The molecule has 0 unspecified atom stereocenters. The molecule has 1 aromatic heterocycles. The number of benzene rings is 1. The molecule has 0 aliphatic rings. The van der Waals surface area contributed by atoms with Gasteiger partial charge in [0, 0.05) is 17.3 Å². The molecule has 0 saturated carbocycles. The van der Waals surface area contributed by atoms with Gasteiger partial charge in [-0.2, -0.15) is 0 Å². The number of aryl methyl sites for hydroxylation is 1. The van der Waals surface area contributed by atoms with Gasteiger partial charge in [0.1, 0.15) is 11.5 Å². The van der Waals surface area contributed by atoms with Crippen LogP contribution in [-0.2, 0) is 12.8 Å². The van der Waals surface area contributed by atoms with Gasteiger partial charge >= 0.3 is 0 Å². The van der Waals surface area contributed by atoms with Crippen LogP contribution in [0.4, 0.5) is 0 Å². The molecule has 1 aromatic carbocycles. The number of halogens is 1. The maximum atomic E-state index is 5.66. The molecule has 0 aliphatic heterocycles. The molecule has 78 valence electrons. The minimum atomic E-state index is 0.861. The monoisotopic (exact) mass is 264 g/mol. The lowest BCUT2D eigenvalue weighted by Gasteiger charge is -1.99. The van der Waals surface area contributed by atoms with Crippen molar-refractivity contribution in [3.8, 4) is 0 Å². The molecule has 0 saturated heterocycles. The standard InChI is InChI=1S/C13H13BrO/c1-2-12-6-7-13(15-12)9-10-4-3-5-11(14)8-10/h3-8H,2,9H2,1H3. The zero-order valence-electron chi connectivity index (χ0n) is 8.66. The Bertz CT molecular complexity index is 445. The molecule has 2 rings (SSSR count). The van der Waals surface area contributed by atoms with Crippen LogP contribution in [0.3, 0.4) is 0 Å². The summed E-state index contributed by atoms with van der Waals surface area (Å²) in [5.74, 6) is 2.09. The van der Waals surface area contributed by atoms with Crippen LogP contribution in [0.25, 0.3) is 0 Å². The Balaban J connectivity index is 2.14. The highest BCUT2D eigenvalue weighted by atomic mass is 79.9. The van der Waals surface area contributed by atoms with Gasteiger partial charge in [-0.3, -0.25) is 0 Å². The molecule has 2 heteroatoms. The number of rotatable bonds is 3. The molecule has 0 aliphatic carbocycles. The van der Waals surface area contributed by atoms with Crippen molar-refractivity contribution in [1.29, 1.82) is 0 Å². The van der Waals surface area contributed by atoms with Crippen molar-refractivity contribution in [3.63, 3.8) is 0 Å². The fourth-order valence-electron chi connectivity index (χ4n) is 1.56. The normalized spacial score (nSPS) is 10.5. The van der Waals surface area contributed by atoms with E-state index in [1.807, 2.05) is 18.2 Å². The highest BCUT2D eigenvalue weighted by Crippen LogP contribution is 2.17. The lowest BCUT2D eigenvalue weighted by Crippen LogP contribution is -1.85. The molecule has 0 amide bonds. The Kier molecular flexibility index (Phi) is 3.27. The van der Waals surface area contributed by atoms with E-state index in [0.29, 0.717) is 0 Å².